The monoisotopic (exact) mass is 326 g/mol. The van der Waals surface area contributed by atoms with E-state index in [-0.39, 0.29) is 23.8 Å². The van der Waals surface area contributed by atoms with Crippen molar-refractivity contribution in [2.75, 3.05) is 19.6 Å². The first-order valence-corrected chi connectivity index (χ1v) is 8.17. The quantitative estimate of drug-likeness (QED) is 0.878. The van der Waals surface area contributed by atoms with E-state index in [1.807, 2.05) is 28.0 Å². The predicted molar refractivity (Wildman–Crippen MR) is 92.5 cm³/mol. The first-order valence-electron chi connectivity index (χ1n) is 8.17. The van der Waals surface area contributed by atoms with Gasteiger partial charge in [-0.05, 0) is 18.1 Å². The maximum atomic E-state index is 13.0. The summed E-state index contributed by atoms with van der Waals surface area (Å²) in [4.78, 5) is 28.7. The van der Waals surface area contributed by atoms with Gasteiger partial charge in [0.1, 0.15) is 0 Å². The van der Waals surface area contributed by atoms with E-state index in [2.05, 4.69) is 30.6 Å². The fourth-order valence-electron chi connectivity index (χ4n) is 3.27. The van der Waals surface area contributed by atoms with Crippen molar-refractivity contribution in [1.82, 2.24) is 20.0 Å². The molecule has 0 aliphatic carbocycles. The van der Waals surface area contributed by atoms with E-state index >= 15 is 0 Å². The van der Waals surface area contributed by atoms with Gasteiger partial charge >= 0.3 is 0 Å². The minimum atomic E-state index is -0.0727. The molecule has 3 rings (SSSR count). The Kier molecular flexibility index (Phi) is 4.38. The Bertz CT molecular complexity index is 780. The molecule has 1 saturated heterocycles. The van der Waals surface area contributed by atoms with E-state index in [1.54, 1.807) is 6.20 Å². The average molecular weight is 326 g/mol. The Morgan fingerprint density at radius 3 is 2.88 bits per heavy atom. The Morgan fingerprint density at radius 2 is 2.17 bits per heavy atom. The van der Waals surface area contributed by atoms with Crippen LogP contribution in [0.2, 0.25) is 0 Å². The van der Waals surface area contributed by atoms with Crippen molar-refractivity contribution in [2.45, 2.75) is 19.9 Å². The molecule has 1 N–H and O–H groups in total. The second kappa shape index (κ2) is 6.47. The molecule has 1 aromatic heterocycles. The zero-order valence-electron chi connectivity index (χ0n) is 14.0. The molecule has 6 nitrogen and oxygen atoms in total. The summed E-state index contributed by atoms with van der Waals surface area (Å²) in [5.41, 5.74) is 1.38. The molecule has 126 valence electrons. The number of aromatic amines is 1. The number of nitrogens with one attached hydrogen (secondary N) is 1. The maximum Gasteiger partial charge on any atom is 0.256 e. The summed E-state index contributed by atoms with van der Waals surface area (Å²) in [6, 6.07) is 5.60. The lowest BCUT2D eigenvalue weighted by atomic mass is 9.98. The molecule has 2 aromatic rings. The minimum Gasteiger partial charge on any atom is -0.335 e. The molecule has 24 heavy (non-hydrogen) atoms. The third-order valence-electron chi connectivity index (χ3n) is 4.64. The van der Waals surface area contributed by atoms with Crippen molar-refractivity contribution in [3.63, 3.8) is 0 Å². The molecule has 0 spiro atoms. The molecule has 1 aliphatic heterocycles. The molecule has 1 aromatic carbocycles. The van der Waals surface area contributed by atoms with Gasteiger partial charge in [0.05, 0.1) is 23.3 Å². The van der Waals surface area contributed by atoms with Crippen LogP contribution in [0.4, 0.5) is 0 Å². The lowest BCUT2D eigenvalue weighted by molar-refractivity contribution is -0.131. The Balaban J connectivity index is 1.85. The molecule has 2 heterocycles. The highest BCUT2D eigenvalue weighted by atomic mass is 16.2. The van der Waals surface area contributed by atoms with Gasteiger partial charge < -0.3 is 9.80 Å². The third-order valence-corrected chi connectivity index (χ3v) is 4.64. The number of piperazine rings is 1. The zero-order valence-corrected chi connectivity index (χ0v) is 14.0. The van der Waals surface area contributed by atoms with Gasteiger partial charge in [-0.2, -0.15) is 5.10 Å². The van der Waals surface area contributed by atoms with Gasteiger partial charge in [0.2, 0.25) is 5.91 Å². The molecule has 0 radical (unpaired) electrons. The average Bonchev–Trinajstić information content (AvgIpc) is 3.08. The van der Waals surface area contributed by atoms with E-state index in [1.165, 1.54) is 6.08 Å². The molecule has 6 heteroatoms. The number of fused-ring (bicyclic) bond motifs is 1. The van der Waals surface area contributed by atoms with Crippen LogP contribution in [0.1, 0.15) is 24.2 Å². The fraction of sp³-hybridized carbons (Fsp3) is 0.389. The van der Waals surface area contributed by atoms with Crippen LogP contribution in [0.5, 0.6) is 0 Å². The summed E-state index contributed by atoms with van der Waals surface area (Å²) in [5, 5.41) is 7.84. The van der Waals surface area contributed by atoms with Crippen molar-refractivity contribution < 1.29 is 9.59 Å². The lowest BCUT2D eigenvalue weighted by Gasteiger charge is -2.43. The Labute approximate surface area is 141 Å². The van der Waals surface area contributed by atoms with Gasteiger partial charge in [0.15, 0.2) is 0 Å². The highest BCUT2D eigenvalue weighted by Gasteiger charge is 2.34. The van der Waals surface area contributed by atoms with Gasteiger partial charge in [-0.3, -0.25) is 14.7 Å². The second-order valence-corrected chi connectivity index (χ2v) is 6.44. The molecule has 1 atom stereocenters. The molecule has 1 aliphatic rings. The van der Waals surface area contributed by atoms with Crippen molar-refractivity contribution >= 4 is 22.7 Å². The second-order valence-electron chi connectivity index (χ2n) is 6.44. The van der Waals surface area contributed by atoms with Gasteiger partial charge in [0, 0.05) is 25.0 Å². The number of hydrogen-bond acceptors (Lipinski definition) is 3. The molecule has 0 unspecified atom stereocenters. The number of H-pyrrole nitrogens is 1. The van der Waals surface area contributed by atoms with Gasteiger partial charge in [-0.25, -0.2) is 0 Å². The van der Waals surface area contributed by atoms with E-state index in [4.69, 9.17) is 0 Å². The van der Waals surface area contributed by atoms with Crippen molar-refractivity contribution in [3.8, 4) is 0 Å². The first-order chi connectivity index (χ1) is 11.5. The van der Waals surface area contributed by atoms with Crippen LogP contribution in [0.25, 0.3) is 10.9 Å². The topological polar surface area (TPSA) is 69.3 Å². The van der Waals surface area contributed by atoms with Crippen LogP contribution < -0.4 is 0 Å². The Morgan fingerprint density at radius 1 is 1.38 bits per heavy atom. The summed E-state index contributed by atoms with van der Waals surface area (Å²) in [5.74, 6) is 0.158. The SMILES string of the molecule is C=CC(=O)N1CCN(C(=O)c2cccc3cn[nH]c23)C[C@@H]1C(C)C. The summed E-state index contributed by atoms with van der Waals surface area (Å²) in [6.07, 6.45) is 3.06. The number of carbonyl (C=O) groups is 2. The zero-order chi connectivity index (χ0) is 17.3. The fourth-order valence-corrected chi connectivity index (χ4v) is 3.27. The standard InChI is InChI=1S/C18H22N4O2/c1-4-16(23)22-9-8-21(11-15(22)12(2)3)18(24)14-7-5-6-13-10-19-20-17(13)14/h4-7,10,12,15H,1,8-9,11H2,2-3H3,(H,19,20)/t15-/m1/s1. The first kappa shape index (κ1) is 16.2. The normalized spacial score (nSPS) is 18.2. The highest BCUT2D eigenvalue weighted by molar-refractivity contribution is 6.05. The molecule has 2 amide bonds. The van der Waals surface area contributed by atoms with E-state index in [9.17, 15) is 9.59 Å². The number of rotatable bonds is 3. The summed E-state index contributed by atoms with van der Waals surface area (Å²) in [6.45, 7) is 9.29. The summed E-state index contributed by atoms with van der Waals surface area (Å²) < 4.78 is 0. The molecular formula is C18H22N4O2. The molecule has 0 bridgehead atoms. The van der Waals surface area contributed by atoms with Crippen LogP contribution in [-0.4, -0.2) is 57.5 Å². The minimum absolute atomic E-state index is 0.00540. The Hall–Kier alpha value is -2.63. The molecule has 1 fully saturated rings. The number of aromatic nitrogens is 2. The van der Waals surface area contributed by atoms with Gasteiger partial charge in [-0.1, -0.05) is 32.6 Å². The largest absolute Gasteiger partial charge is 0.335 e. The number of benzene rings is 1. The third kappa shape index (κ3) is 2.79. The molecular weight excluding hydrogens is 304 g/mol. The van der Waals surface area contributed by atoms with Gasteiger partial charge in [0.25, 0.3) is 5.91 Å². The van der Waals surface area contributed by atoms with Crippen molar-refractivity contribution in [2.24, 2.45) is 5.92 Å². The number of amides is 2. The van der Waals surface area contributed by atoms with E-state index in [0.717, 1.165) is 10.9 Å². The summed E-state index contributed by atoms with van der Waals surface area (Å²) in [7, 11) is 0. The number of nitrogens with zero attached hydrogens (tertiary/aromatic N) is 3. The van der Waals surface area contributed by atoms with E-state index < -0.39 is 0 Å². The highest BCUT2D eigenvalue weighted by Crippen LogP contribution is 2.22. The summed E-state index contributed by atoms with van der Waals surface area (Å²) >= 11 is 0. The van der Waals surface area contributed by atoms with Crippen LogP contribution in [-0.2, 0) is 4.79 Å². The van der Waals surface area contributed by atoms with Crippen LogP contribution >= 0.6 is 0 Å². The number of para-hydroxylation sites is 1. The van der Waals surface area contributed by atoms with Crippen molar-refractivity contribution in [1.29, 1.82) is 0 Å². The molecule has 0 saturated carbocycles. The smallest absolute Gasteiger partial charge is 0.256 e. The van der Waals surface area contributed by atoms with Crippen molar-refractivity contribution in [3.05, 3.63) is 42.6 Å². The predicted octanol–water partition coefficient (Wildman–Crippen LogP) is 2.06. The number of hydrogen-bond donors (Lipinski definition) is 1. The van der Waals surface area contributed by atoms with Gasteiger partial charge in [-0.15, -0.1) is 0 Å². The van der Waals surface area contributed by atoms with Crippen LogP contribution in [0.15, 0.2) is 37.1 Å². The van der Waals surface area contributed by atoms with E-state index in [0.29, 0.717) is 25.2 Å². The number of carbonyl (C=O) groups excluding carboxylic acids is 2. The lowest BCUT2D eigenvalue weighted by Crippen LogP contribution is -2.58. The maximum absolute atomic E-state index is 13.0. The van der Waals surface area contributed by atoms with Crippen LogP contribution in [0, 0.1) is 5.92 Å². The van der Waals surface area contributed by atoms with Crippen LogP contribution in [0.3, 0.4) is 0 Å².